The maximum Gasteiger partial charge on any atom is 0.236 e. The van der Waals surface area contributed by atoms with E-state index in [-0.39, 0.29) is 0 Å². The number of piperidine rings is 2. The van der Waals surface area contributed by atoms with Crippen LogP contribution in [0.25, 0.3) is 0 Å². The summed E-state index contributed by atoms with van der Waals surface area (Å²) >= 11 is 0. The van der Waals surface area contributed by atoms with Crippen LogP contribution in [0, 0.1) is 11.8 Å². The van der Waals surface area contributed by atoms with Crippen molar-refractivity contribution in [2.24, 2.45) is 11.8 Å². The van der Waals surface area contributed by atoms with Crippen molar-refractivity contribution >= 4 is 5.91 Å². The summed E-state index contributed by atoms with van der Waals surface area (Å²) in [7, 11) is 0. The maximum absolute atomic E-state index is 12.1. The lowest BCUT2D eigenvalue weighted by molar-refractivity contribution is -0.134. The maximum atomic E-state index is 12.1. The highest BCUT2D eigenvalue weighted by Crippen LogP contribution is 2.18. The lowest BCUT2D eigenvalue weighted by Gasteiger charge is -2.34. The first-order chi connectivity index (χ1) is 10.1. The molecule has 21 heavy (non-hydrogen) atoms. The second-order valence-corrected chi connectivity index (χ2v) is 6.02. The van der Waals surface area contributed by atoms with Crippen molar-refractivity contribution < 1.29 is 4.79 Å². The number of likely N-dealkylation sites (tertiary alicyclic amines) is 2. The molecule has 2 heterocycles. The number of amides is 1. The molecule has 2 rings (SSSR count). The minimum atomic E-state index is 0.353. The predicted molar refractivity (Wildman–Crippen MR) is 92.5 cm³/mol. The molecule has 0 saturated carbocycles. The molecule has 0 spiro atoms. The molecule has 2 aliphatic heterocycles. The first-order valence-electron chi connectivity index (χ1n) is 9.15. The average Bonchev–Trinajstić information content (AvgIpc) is 2.54. The highest BCUT2D eigenvalue weighted by atomic mass is 16.2. The van der Waals surface area contributed by atoms with Gasteiger partial charge >= 0.3 is 0 Å². The molecule has 1 amide bonds. The van der Waals surface area contributed by atoms with Crippen molar-refractivity contribution in [3.63, 3.8) is 0 Å². The smallest absolute Gasteiger partial charge is 0.236 e. The molecular weight excluding hydrogens is 260 g/mol. The van der Waals surface area contributed by atoms with Gasteiger partial charge in [0, 0.05) is 13.1 Å². The van der Waals surface area contributed by atoms with Gasteiger partial charge in [0.05, 0.1) is 6.54 Å². The zero-order chi connectivity index (χ0) is 16.3. The molecule has 3 heteroatoms. The van der Waals surface area contributed by atoms with Gasteiger partial charge in [-0.15, -0.1) is 0 Å². The van der Waals surface area contributed by atoms with E-state index in [0.717, 1.165) is 38.0 Å². The van der Waals surface area contributed by atoms with Crippen molar-refractivity contribution in [2.45, 2.75) is 67.2 Å². The van der Waals surface area contributed by atoms with Crippen molar-refractivity contribution in [2.75, 3.05) is 32.7 Å². The molecule has 2 fully saturated rings. The SMILES string of the molecule is CC.CC.CC1CCN(CC(=O)N2CCC(C)CC2)CC1. The Hall–Kier alpha value is -0.570. The van der Waals surface area contributed by atoms with Gasteiger partial charge in [0.2, 0.25) is 5.91 Å². The lowest BCUT2D eigenvalue weighted by Crippen LogP contribution is -2.45. The number of rotatable bonds is 2. The van der Waals surface area contributed by atoms with Gasteiger partial charge in [-0.3, -0.25) is 9.69 Å². The Bertz CT molecular complexity index is 252. The van der Waals surface area contributed by atoms with Crippen LogP contribution in [0.15, 0.2) is 0 Å². The minimum absolute atomic E-state index is 0.353. The van der Waals surface area contributed by atoms with Crippen LogP contribution in [0.5, 0.6) is 0 Å². The van der Waals surface area contributed by atoms with E-state index >= 15 is 0 Å². The molecule has 0 atom stereocenters. The summed E-state index contributed by atoms with van der Waals surface area (Å²) in [6.07, 6.45) is 4.88. The first kappa shape index (κ1) is 20.4. The van der Waals surface area contributed by atoms with Crippen LogP contribution in [0.2, 0.25) is 0 Å². The highest BCUT2D eigenvalue weighted by Gasteiger charge is 2.23. The molecule has 0 bridgehead atoms. The molecular formula is C18H38N2O. The van der Waals surface area contributed by atoms with Crippen LogP contribution in [-0.2, 0) is 4.79 Å². The summed E-state index contributed by atoms with van der Waals surface area (Å²) in [4.78, 5) is 16.5. The van der Waals surface area contributed by atoms with Crippen LogP contribution < -0.4 is 0 Å². The van der Waals surface area contributed by atoms with Gasteiger partial charge < -0.3 is 4.90 Å². The van der Waals surface area contributed by atoms with E-state index in [1.54, 1.807) is 0 Å². The van der Waals surface area contributed by atoms with Crippen LogP contribution >= 0.6 is 0 Å². The Morgan fingerprint density at radius 2 is 1.19 bits per heavy atom. The fourth-order valence-corrected chi connectivity index (χ4v) is 2.77. The molecule has 0 aromatic heterocycles. The monoisotopic (exact) mass is 298 g/mol. The van der Waals surface area contributed by atoms with Gasteiger partial charge in [0.1, 0.15) is 0 Å². The Balaban J connectivity index is 0.000000921. The normalized spacial score (nSPS) is 21.0. The minimum Gasteiger partial charge on any atom is -0.342 e. The third kappa shape index (κ3) is 7.85. The molecule has 0 unspecified atom stereocenters. The molecule has 0 aromatic rings. The Labute approximate surface area is 133 Å². The van der Waals surface area contributed by atoms with E-state index in [1.165, 1.54) is 25.7 Å². The predicted octanol–water partition coefficient (Wildman–Crippen LogP) is 4.03. The fourth-order valence-electron chi connectivity index (χ4n) is 2.77. The van der Waals surface area contributed by atoms with Gasteiger partial charge in [-0.2, -0.15) is 0 Å². The lowest BCUT2D eigenvalue weighted by atomic mass is 9.98. The highest BCUT2D eigenvalue weighted by molar-refractivity contribution is 5.78. The second kappa shape index (κ2) is 12.0. The standard InChI is InChI=1S/C14H26N2O.2C2H6/c1-12-3-7-15(8-4-12)11-14(17)16-9-5-13(2)6-10-16;2*1-2/h12-13H,3-11H2,1-2H3;2*1-2H3. The molecule has 0 aromatic carbocycles. The van der Waals surface area contributed by atoms with Gasteiger partial charge in [0.15, 0.2) is 0 Å². The molecule has 3 nitrogen and oxygen atoms in total. The fraction of sp³-hybridized carbons (Fsp3) is 0.944. The number of nitrogens with zero attached hydrogens (tertiary/aromatic N) is 2. The Kier molecular flexibility index (Phi) is 11.7. The van der Waals surface area contributed by atoms with E-state index in [2.05, 4.69) is 23.6 Å². The zero-order valence-corrected chi connectivity index (χ0v) is 15.3. The third-order valence-corrected chi connectivity index (χ3v) is 4.37. The van der Waals surface area contributed by atoms with E-state index in [0.29, 0.717) is 12.5 Å². The second-order valence-electron chi connectivity index (χ2n) is 6.02. The summed E-state index contributed by atoms with van der Waals surface area (Å²) in [6, 6.07) is 0. The van der Waals surface area contributed by atoms with E-state index in [1.807, 2.05) is 27.7 Å². The summed E-state index contributed by atoms with van der Waals surface area (Å²) in [5.41, 5.74) is 0. The third-order valence-electron chi connectivity index (χ3n) is 4.37. The van der Waals surface area contributed by atoms with Gasteiger partial charge in [-0.1, -0.05) is 41.5 Å². The largest absolute Gasteiger partial charge is 0.342 e. The van der Waals surface area contributed by atoms with E-state index in [4.69, 9.17) is 0 Å². The Morgan fingerprint density at radius 1 is 0.810 bits per heavy atom. The van der Waals surface area contributed by atoms with Gasteiger partial charge in [0.25, 0.3) is 0 Å². The zero-order valence-electron chi connectivity index (χ0n) is 15.3. The molecule has 126 valence electrons. The van der Waals surface area contributed by atoms with E-state index in [9.17, 15) is 4.79 Å². The quantitative estimate of drug-likeness (QED) is 0.768. The van der Waals surface area contributed by atoms with Crippen LogP contribution in [0.3, 0.4) is 0 Å². The van der Waals surface area contributed by atoms with Crippen molar-refractivity contribution in [1.82, 2.24) is 9.80 Å². The summed E-state index contributed by atoms with van der Waals surface area (Å²) < 4.78 is 0. The van der Waals surface area contributed by atoms with Gasteiger partial charge in [-0.05, 0) is 50.6 Å². The summed E-state index contributed by atoms with van der Waals surface area (Å²) in [5.74, 6) is 2.00. The van der Waals surface area contributed by atoms with Crippen LogP contribution in [0.4, 0.5) is 0 Å². The average molecular weight is 299 g/mol. The number of carbonyl (C=O) groups excluding carboxylic acids is 1. The molecule has 0 N–H and O–H groups in total. The van der Waals surface area contributed by atoms with Crippen molar-refractivity contribution in [3.05, 3.63) is 0 Å². The molecule has 2 saturated heterocycles. The van der Waals surface area contributed by atoms with Crippen LogP contribution in [-0.4, -0.2) is 48.4 Å². The van der Waals surface area contributed by atoms with Crippen LogP contribution in [0.1, 0.15) is 67.2 Å². The van der Waals surface area contributed by atoms with Gasteiger partial charge in [-0.25, -0.2) is 0 Å². The Morgan fingerprint density at radius 3 is 1.62 bits per heavy atom. The molecule has 0 aliphatic carbocycles. The summed E-state index contributed by atoms with van der Waals surface area (Å²) in [5, 5.41) is 0. The summed E-state index contributed by atoms with van der Waals surface area (Å²) in [6.45, 7) is 17.4. The first-order valence-corrected chi connectivity index (χ1v) is 9.15. The van der Waals surface area contributed by atoms with E-state index < -0.39 is 0 Å². The number of hydrogen-bond donors (Lipinski definition) is 0. The number of carbonyl (C=O) groups is 1. The topological polar surface area (TPSA) is 23.6 Å². The molecule has 2 aliphatic rings. The van der Waals surface area contributed by atoms with Crippen molar-refractivity contribution in [3.8, 4) is 0 Å². The molecule has 0 radical (unpaired) electrons. The number of hydrogen-bond acceptors (Lipinski definition) is 2. The van der Waals surface area contributed by atoms with Crippen molar-refractivity contribution in [1.29, 1.82) is 0 Å².